The predicted octanol–water partition coefficient (Wildman–Crippen LogP) is 2.35. The lowest BCUT2D eigenvalue weighted by Crippen LogP contribution is -2.51. The van der Waals surface area contributed by atoms with Crippen LogP contribution in [0.15, 0.2) is 30.6 Å². The van der Waals surface area contributed by atoms with Crippen molar-refractivity contribution in [1.29, 1.82) is 0 Å². The third kappa shape index (κ3) is 2.20. The van der Waals surface area contributed by atoms with Crippen molar-refractivity contribution in [3.05, 3.63) is 30.6 Å². The number of likely N-dealkylation sites (N-methyl/N-ethyl adjacent to an activating group) is 1. The molecule has 1 aromatic carbocycles. The summed E-state index contributed by atoms with van der Waals surface area (Å²) < 4.78 is 0. The third-order valence-corrected chi connectivity index (χ3v) is 4.34. The van der Waals surface area contributed by atoms with Crippen LogP contribution in [0.25, 0.3) is 10.8 Å². The number of nitrogens with two attached hydrogens (primary N) is 1. The monoisotopic (exact) mass is 270 g/mol. The van der Waals surface area contributed by atoms with Gasteiger partial charge in [-0.3, -0.25) is 9.88 Å². The van der Waals surface area contributed by atoms with Gasteiger partial charge in [0.15, 0.2) is 0 Å². The van der Waals surface area contributed by atoms with Crippen LogP contribution in [-0.4, -0.2) is 42.1 Å². The largest absolute Gasteiger partial charge is 0.398 e. The number of hydrogen-bond acceptors (Lipinski definition) is 4. The Balaban J connectivity index is 1.97. The molecule has 0 radical (unpaired) electrons. The first-order valence-electron chi connectivity index (χ1n) is 7.32. The van der Waals surface area contributed by atoms with Crippen LogP contribution in [0.4, 0.5) is 11.4 Å². The number of hydrogen-bond donors (Lipinski definition) is 1. The van der Waals surface area contributed by atoms with Crippen LogP contribution in [0.3, 0.4) is 0 Å². The van der Waals surface area contributed by atoms with E-state index in [9.17, 15) is 0 Å². The molecule has 2 N–H and O–H groups in total. The minimum absolute atomic E-state index is 0.586. The van der Waals surface area contributed by atoms with Crippen LogP contribution < -0.4 is 10.6 Å². The molecular formula is C16H22N4. The number of anilines is 2. The summed E-state index contributed by atoms with van der Waals surface area (Å²) in [6, 6.07) is 6.79. The van der Waals surface area contributed by atoms with Crippen LogP contribution in [0.2, 0.25) is 0 Å². The van der Waals surface area contributed by atoms with E-state index >= 15 is 0 Å². The average molecular weight is 270 g/mol. The van der Waals surface area contributed by atoms with Gasteiger partial charge in [0.05, 0.1) is 0 Å². The van der Waals surface area contributed by atoms with E-state index in [0.29, 0.717) is 6.04 Å². The molecule has 20 heavy (non-hydrogen) atoms. The number of benzene rings is 1. The van der Waals surface area contributed by atoms with Crippen LogP contribution in [0, 0.1) is 0 Å². The molecular weight excluding hydrogens is 248 g/mol. The molecule has 4 nitrogen and oxygen atoms in total. The minimum Gasteiger partial charge on any atom is -0.398 e. The molecule has 0 saturated carbocycles. The lowest BCUT2D eigenvalue weighted by atomic mass is 10.1. The van der Waals surface area contributed by atoms with E-state index in [1.54, 1.807) is 0 Å². The second-order valence-corrected chi connectivity index (χ2v) is 5.52. The third-order valence-electron chi connectivity index (χ3n) is 4.34. The van der Waals surface area contributed by atoms with E-state index in [4.69, 9.17) is 5.73 Å². The Bertz CT molecular complexity index is 610. The Morgan fingerprint density at radius 2 is 2.10 bits per heavy atom. The van der Waals surface area contributed by atoms with Crippen molar-refractivity contribution in [2.75, 3.05) is 36.8 Å². The normalized spacial score (nSPS) is 20.5. The van der Waals surface area contributed by atoms with Crippen LogP contribution in [0.1, 0.15) is 13.8 Å². The Kier molecular flexibility index (Phi) is 3.49. The number of pyridine rings is 1. The Morgan fingerprint density at radius 3 is 2.85 bits per heavy atom. The van der Waals surface area contributed by atoms with Crippen molar-refractivity contribution in [1.82, 2.24) is 9.88 Å². The average Bonchev–Trinajstić information content (AvgIpc) is 2.48. The fourth-order valence-electron chi connectivity index (χ4n) is 3.16. The molecule has 1 aliphatic rings. The van der Waals surface area contributed by atoms with Gasteiger partial charge in [-0.1, -0.05) is 6.92 Å². The zero-order chi connectivity index (χ0) is 14.1. The second-order valence-electron chi connectivity index (χ2n) is 5.52. The Hall–Kier alpha value is -1.81. The van der Waals surface area contributed by atoms with Gasteiger partial charge in [0.1, 0.15) is 0 Å². The summed E-state index contributed by atoms with van der Waals surface area (Å²) in [5.74, 6) is 0. The van der Waals surface area contributed by atoms with Gasteiger partial charge >= 0.3 is 0 Å². The highest BCUT2D eigenvalue weighted by Crippen LogP contribution is 2.31. The highest BCUT2D eigenvalue weighted by atomic mass is 15.3. The highest BCUT2D eigenvalue weighted by Gasteiger charge is 2.23. The van der Waals surface area contributed by atoms with E-state index in [1.165, 1.54) is 11.1 Å². The van der Waals surface area contributed by atoms with Crippen molar-refractivity contribution in [2.24, 2.45) is 0 Å². The lowest BCUT2D eigenvalue weighted by molar-refractivity contribution is 0.200. The molecule has 0 spiro atoms. The van der Waals surface area contributed by atoms with Gasteiger partial charge in [0.25, 0.3) is 0 Å². The SMILES string of the molecule is CCN1CCN(c2ccc(N)c3cnccc23)CC1C. The number of rotatable bonds is 2. The number of nitrogens with zero attached hydrogens (tertiary/aromatic N) is 3. The zero-order valence-corrected chi connectivity index (χ0v) is 12.2. The summed E-state index contributed by atoms with van der Waals surface area (Å²) in [5.41, 5.74) is 8.14. The molecule has 2 aromatic rings. The van der Waals surface area contributed by atoms with Crippen LogP contribution in [-0.2, 0) is 0 Å². The molecule has 4 heteroatoms. The zero-order valence-electron chi connectivity index (χ0n) is 12.2. The smallest absolute Gasteiger partial charge is 0.0449 e. The predicted molar refractivity (Wildman–Crippen MR) is 85.1 cm³/mol. The minimum atomic E-state index is 0.586. The van der Waals surface area contributed by atoms with Gasteiger partial charge in [-0.2, -0.15) is 0 Å². The number of nitrogen functional groups attached to an aromatic ring is 1. The standard InChI is InChI=1S/C16H22N4/c1-3-19-8-9-20(11-12(19)2)16-5-4-15(17)14-10-18-7-6-13(14)16/h4-7,10,12H,3,8-9,11,17H2,1-2H3. The summed E-state index contributed by atoms with van der Waals surface area (Å²) in [5, 5.41) is 2.26. The fourth-order valence-corrected chi connectivity index (χ4v) is 3.16. The summed E-state index contributed by atoms with van der Waals surface area (Å²) in [4.78, 5) is 9.19. The summed E-state index contributed by atoms with van der Waals surface area (Å²) in [6.07, 6.45) is 3.71. The van der Waals surface area contributed by atoms with Gasteiger partial charge in [0, 0.05) is 60.2 Å². The van der Waals surface area contributed by atoms with E-state index in [1.807, 2.05) is 18.5 Å². The van der Waals surface area contributed by atoms with Gasteiger partial charge in [-0.25, -0.2) is 0 Å². The van der Waals surface area contributed by atoms with Crippen LogP contribution >= 0.6 is 0 Å². The van der Waals surface area contributed by atoms with Crippen LogP contribution in [0.5, 0.6) is 0 Å². The summed E-state index contributed by atoms with van der Waals surface area (Å²) in [6.45, 7) is 8.91. The molecule has 0 aliphatic carbocycles. The first kappa shape index (κ1) is 13.2. The Labute approximate surface area is 120 Å². The maximum atomic E-state index is 6.06. The molecule has 1 aromatic heterocycles. The highest BCUT2D eigenvalue weighted by molar-refractivity contribution is 6.00. The van der Waals surface area contributed by atoms with E-state index in [-0.39, 0.29) is 0 Å². The number of fused-ring (bicyclic) bond motifs is 1. The molecule has 3 rings (SSSR count). The molecule has 0 amide bonds. The second kappa shape index (κ2) is 5.29. The van der Waals surface area contributed by atoms with Gasteiger partial charge < -0.3 is 10.6 Å². The van der Waals surface area contributed by atoms with Gasteiger partial charge in [0.2, 0.25) is 0 Å². The summed E-state index contributed by atoms with van der Waals surface area (Å²) in [7, 11) is 0. The molecule has 1 saturated heterocycles. The molecule has 106 valence electrons. The Morgan fingerprint density at radius 1 is 1.25 bits per heavy atom. The van der Waals surface area contributed by atoms with Crippen molar-refractivity contribution in [3.8, 4) is 0 Å². The molecule has 1 fully saturated rings. The molecule has 1 atom stereocenters. The van der Waals surface area contributed by atoms with Crippen molar-refractivity contribution >= 4 is 22.1 Å². The summed E-state index contributed by atoms with van der Waals surface area (Å²) >= 11 is 0. The first-order valence-corrected chi connectivity index (χ1v) is 7.32. The quantitative estimate of drug-likeness (QED) is 0.851. The fraction of sp³-hybridized carbons (Fsp3) is 0.438. The van der Waals surface area contributed by atoms with Gasteiger partial charge in [-0.05, 0) is 31.7 Å². The van der Waals surface area contributed by atoms with Crippen molar-refractivity contribution < 1.29 is 0 Å². The molecule has 1 aliphatic heterocycles. The van der Waals surface area contributed by atoms with Gasteiger partial charge in [-0.15, -0.1) is 0 Å². The lowest BCUT2D eigenvalue weighted by Gasteiger charge is -2.41. The maximum absolute atomic E-state index is 6.06. The van der Waals surface area contributed by atoms with E-state index < -0.39 is 0 Å². The van der Waals surface area contributed by atoms with E-state index in [0.717, 1.165) is 37.3 Å². The van der Waals surface area contributed by atoms with Crippen molar-refractivity contribution in [2.45, 2.75) is 19.9 Å². The van der Waals surface area contributed by atoms with Crippen molar-refractivity contribution in [3.63, 3.8) is 0 Å². The maximum Gasteiger partial charge on any atom is 0.0449 e. The molecule has 0 bridgehead atoms. The molecule has 1 unspecified atom stereocenters. The molecule has 2 heterocycles. The number of piperazine rings is 1. The first-order chi connectivity index (χ1) is 9.70. The van der Waals surface area contributed by atoms with E-state index in [2.05, 4.69) is 40.8 Å². The topological polar surface area (TPSA) is 45.4 Å². The number of aromatic nitrogens is 1.